The van der Waals surface area contributed by atoms with E-state index in [1.54, 1.807) is 6.20 Å². The molecule has 0 aliphatic heterocycles. The lowest BCUT2D eigenvalue weighted by Crippen LogP contribution is -2.04. The molecule has 3 aromatic rings. The van der Waals surface area contributed by atoms with Gasteiger partial charge in [-0.05, 0) is 22.9 Å². The quantitative estimate of drug-likeness (QED) is 0.432. The second-order valence-electron chi connectivity index (χ2n) is 3.81. The van der Waals surface area contributed by atoms with E-state index in [1.807, 2.05) is 47.8 Å². The van der Waals surface area contributed by atoms with Gasteiger partial charge in [-0.1, -0.05) is 35.5 Å². The second-order valence-corrected chi connectivity index (χ2v) is 4.75. The van der Waals surface area contributed by atoms with Crippen LogP contribution in [0.1, 0.15) is 10.6 Å². The van der Waals surface area contributed by atoms with Crippen molar-refractivity contribution in [2.75, 3.05) is 0 Å². The molecule has 4 heteroatoms. The first kappa shape index (κ1) is 10.9. The van der Waals surface area contributed by atoms with Crippen molar-refractivity contribution in [1.82, 2.24) is 4.98 Å². The number of nitrogens with zero attached hydrogens (tertiary/aromatic N) is 2. The number of hydrogen-bond acceptors (Lipinski definition) is 4. The highest BCUT2D eigenvalue weighted by molar-refractivity contribution is 7.12. The van der Waals surface area contributed by atoms with Crippen LogP contribution < -0.4 is 0 Å². The fraction of sp³-hybridized carbons (Fsp3) is 0. The number of benzene rings is 1. The average molecular weight is 254 g/mol. The van der Waals surface area contributed by atoms with Crippen LogP contribution in [-0.2, 0) is 0 Å². The van der Waals surface area contributed by atoms with Crippen LogP contribution in [0, 0.1) is 0 Å². The van der Waals surface area contributed by atoms with Gasteiger partial charge in [-0.25, -0.2) is 0 Å². The standard InChI is InChI=1S/C14H10N2OS/c17-16-14(12-6-3-9-18-12)13-11-5-2-1-4-10(11)7-8-15-13/h1-9,17H. The van der Waals surface area contributed by atoms with Crippen LogP contribution in [0.2, 0.25) is 0 Å². The molecule has 2 aromatic heterocycles. The van der Waals surface area contributed by atoms with Gasteiger partial charge in [0.1, 0.15) is 11.4 Å². The van der Waals surface area contributed by atoms with Crippen molar-refractivity contribution >= 4 is 27.8 Å². The molecule has 3 rings (SSSR count). The fourth-order valence-electron chi connectivity index (χ4n) is 1.93. The summed E-state index contributed by atoms with van der Waals surface area (Å²) >= 11 is 1.53. The Morgan fingerprint density at radius 2 is 2.00 bits per heavy atom. The summed E-state index contributed by atoms with van der Waals surface area (Å²) in [5, 5.41) is 16.7. The van der Waals surface area contributed by atoms with E-state index in [0.717, 1.165) is 15.6 Å². The fourth-order valence-corrected chi connectivity index (χ4v) is 2.64. The van der Waals surface area contributed by atoms with E-state index < -0.39 is 0 Å². The molecule has 1 N–H and O–H groups in total. The summed E-state index contributed by atoms with van der Waals surface area (Å²) in [5.41, 5.74) is 1.22. The Balaban J connectivity index is 2.26. The van der Waals surface area contributed by atoms with Gasteiger partial charge in [0.05, 0.1) is 4.88 Å². The van der Waals surface area contributed by atoms with Crippen LogP contribution in [0.3, 0.4) is 0 Å². The van der Waals surface area contributed by atoms with Crippen LogP contribution in [0.15, 0.2) is 59.2 Å². The first-order valence-electron chi connectivity index (χ1n) is 5.50. The molecule has 0 saturated carbocycles. The van der Waals surface area contributed by atoms with Crippen molar-refractivity contribution in [2.45, 2.75) is 0 Å². The number of rotatable bonds is 2. The molecule has 0 bridgehead atoms. The lowest BCUT2D eigenvalue weighted by atomic mass is 10.1. The SMILES string of the molecule is ON=C(c1cccs1)c1nccc2ccccc12. The third-order valence-electron chi connectivity index (χ3n) is 2.75. The van der Waals surface area contributed by atoms with E-state index in [1.165, 1.54) is 11.3 Å². The highest BCUT2D eigenvalue weighted by Crippen LogP contribution is 2.21. The highest BCUT2D eigenvalue weighted by Gasteiger charge is 2.13. The summed E-state index contributed by atoms with van der Waals surface area (Å²) in [6.45, 7) is 0. The van der Waals surface area contributed by atoms with E-state index >= 15 is 0 Å². The summed E-state index contributed by atoms with van der Waals surface area (Å²) in [7, 11) is 0. The van der Waals surface area contributed by atoms with Gasteiger partial charge < -0.3 is 5.21 Å². The molecule has 0 aliphatic carbocycles. The van der Waals surface area contributed by atoms with Crippen LogP contribution >= 0.6 is 11.3 Å². The molecule has 88 valence electrons. The summed E-state index contributed by atoms with van der Waals surface area (Å²) in [6, 6.07) is 13.7. The Bertz CT molecular complexity index is 699. The monoisotopic (exact) mass is 254 g/mol. The lowest BCUT2D eigenvalue weighted by molar-refractivity contribution is 0.319. The maximum absolute atomic E-state index is 9.27. The molecule has 0 radical (unpaired) electrons. The third kappa shape index (κ3) is 1.76. The van der Waals surface area contributed by atoms with Crippen LogP contribution in [-0.4, -0.2) is 15.9 Å². The lowest BCUT2D eigenvalue weighted by Gasteiger charge is -2.05. The molecule has 0 spiro atoms. The molecule has 0 aliphatic rings. The van der Waals surface area contributed by atoms with Gasteiger partial charge in [0.25, 0.3) is 0 Å². The molecule has 0 atom stereocenters. The van der Waals surface area contributed by atoms with Crippen molar-refractivity contribution in [1.29, 1.82) is 0 Å². The molecule has 2 heterocycles. The largest absolute Gasteiger partial charge is 0.410 e. The molecular weight excluding hydrogens is 244 g/mol. The summed E-state index contributed by atoms with van der Waals surface area (Å²) in [6.07, 6.45) is 1.73. The van der Waals surface area contributed by atoms with E-state index in [-0.39, 0.29) is 0 Å². The minimum Gasteiger partial charge on any atom is -0.410 e. The van der Waals surface area contributed by atoms with Crippen molar-refractivity contribution in [3.05, 3.63) is 64.6 Å². The first-order valence-corrected chi connectivity index (χ1v) is 6.38. The number of pyridine rings is 1. The van der Waals surface area contributed by atoms with Gasteiger partial charge in [0, 0.05) is 11.6 Å². The van der Waals surface area contributed by atoms with Crippen LogP contribution in [0.4, 0.5) is 0 Å². The predicted molar refractivity (Wildman–Crippen MR) is 73.5 cm³/mol. The highest BCUT2D eigenvalue weighted by atomic mass is 32.1. The van der Waals surface area contributed by atoms with Crippen LogP contribution in [0.5, 0.6) is 0 Å². The number of hydrogen-bond donors (Lipinski definition) is 1. The van der Waals surface area contributed by atoms with E-state index in [0.29, 0.717) is 11.4 Å². The van der Waals surface area contributed by atoms with Gasteiger partial charge in [-0.2, -0.15) is 0 Å². The van der Waals surface area contributed by atoms with Crippen molar-refractivity contribution in [3.8, 4) is 0 Å². The Kier molecular flexibility index (Phi) is 2.78. The maximum atomic E-state index is 9.27. The van der Waals surface area contributed by atoms with E-state index in [2.05, 4.69) is 10.1 Å². The summed E-state index contributed by atoms with van der Waals surface area (Å²) < 4.78 is 0. The van der Waals surface area contributed by atoms with Gasteiger partial charge in [0.15, 0.2) is 0 Å². The zero-order valence-corrected chi connectivity index (χ0v) is 10.3. The van der Waals surface area contributed by atoms with Gasteiger partial charge in [-0.15, -0.1) is 11.3 Å². The Morgan fingerprint density at radius 1 is 1.11 bits per heavy atom. The molecule has 18 heavy (non-hydrogen) atoms. The minimum absolute atomic E-state index is 0.516. The van der Waals surface area contributed by atoms with E-state index in [9.17, 15) is 5.21 Å². The molecule has 0 saturated heterocycles. The maximum Gasteiger partial charge on any atom is 0.146 e. The molecule has 0 fully saturated rings. The van der Waals surface area contributed by atoms with Crippen LogP contribution in [0.25, 0.3) is 10.8 Å². The van der Waals surface area contributed by atoms with Gasteiger partial charge in [-0.3, -0.25) is 4.98 Å². The minimum atomic E-state index is 0.516. The molecule has 3 nitrogen and oxygen atoms in total. The zero-order valence-electron chi connectivity index (χ0n) is 9.45. The summed E-state index contributed by atoms with van der Waals surface area (Å²) in [4.78, 5) is 5.25. The zero-order chi connectivity index (χ0) is 12.4. The average Bonchev–Trinajstić information content (AvgIpc) is 2.94. The second kappa shape index (κ2) is 4.58. The number of aromatic nitrogens is 1. The summed E-state index contributed by atoms with van der Waals surface area (Å²) in [5.74, 6) is 0. The molecule has 1 aromatic carbocycles. The molecular formula is C14H10N2OS. The van der Waals surface area contributed by atoms with Gasteiger partial charge in [0.2, 0.25) is 0 Å². The number of thiophene rings is 1. The molecule has 0 amide bonds. The Morgan fingerprint density at radius 3 is 2.78 bits per heavy atom. The molecule has 0 unspecified atom stereocenters. The third-order valence-corrected chi connectivity index (χ3v) is 3.63. The van der Waals surface area contributed by atoms with Crippen molar-refractivity contribution < 1.29 is 5.21 Å². The first-order chi connectivity index (χ1) is 8.90. The predicted octanol–water partition coefficient (Wildman–Crippen LogP) is 3.52. The smallest absolute Gasteiger partial charge is 0.146 e. The Hall–Kier alpha value is -2.20. The van der Waals surface area contributed by atoms with Crippen molar-refractivity contribution in [3.63, 3.8) is 0 Å². The van der Waals surface area contributed by atoms with Gasteiger partial charge >= 0.3 is 0 Å². The topological polar surface area (TPSA) is 45.5 Å². The number of oxime groups is 1. The Labute approximate surface area is 108 Å². The van der Waals surface area contributed by atoms with E-state index in [4.69, 9.17) is 0 Å². The van der Waals surface area contributed by atoms with Crippen molar-refractivity contribution in [2.24, 2.45) is 5.16 Å². The number of fused-ring (bicyclic) bond motifs is 1. The normalized spacial score (nSPS) is 11.9.